The van der Waals surface area contributed by atoms with E-state index in [0.29, 0.717) is 12.0 Å². The molecule has 0 saturated heterocycles. The highest BCUT2D eigenvalue weighted by molar-refractivity contribution is 5.75. The fraction of sp³-hybridized carbons (Fsp3) is 0.500. The molecule has 0 radical (unpaired) electrons. The quantitative estimate of drug-likeness (QED) is 0.891. The fourth-order valence-electron chi connectivity index (χ4n) is 2.15. The minimum atomic E-state index is -2.87. The maximum atomic E-state index is 13.9. The number of rotatable bonds is 4. The molecule has 0 spiro atoms. The van der Waals surface area contributed by atoms with E-state index in [9.17, 15) is 13.6 Å². The third-order valence-corrected chi connectivity index (χ3v) is 3.53. The minimum Gasteiger partial charge on any atom is -0.481 e. The van der Waals surface area contributed by atoms with Gasteiger partial charge in [-0.3, -0.25) is 4.79 Å². The molecule has 0 heterocycles. The number of hydrogen-bond donors (Lipinski definition) is 1. The molecule has 2 rings (SSSR count). The van der Waals surface area contributed by atoms with Gasteiger partial charge in [0.05, 0.1) is 5.92 Å². The summed E-state index contributed by atoms with van der Waals surface area (Å²) >= 11 is 0. The first-order valence-corrected chi connectivity index (χ1v) is 6.05. The van der Waals surface area contributed by atoms with Crippen molar-refractivity contribution in [1.29, 1.82) is 0 Å². The van der Waals surface area contributed by atoms with Gasteiger partial charge in [-0.2, -0.15) is 0 Å². The normalized spacial score (nSPS) is 23.2. The Morgan fingerprint density at radius 2 is 2.11 bits per heavy atom. The predicted molar refractivity (Wildman–Crippen MR) is 63.7 cm³/mol. The van der Waals surface area contributed by atoms with E-state index < -0.39 is 23.7 Å². The van der Waals surface area contributed by atoms with Gasteiger partial charge < -0.3 is 5.11 Å². The lowest BCUT2D eigenvalue weighted by Crippen LogP contribution is -2.21. The zero-order valence-electron chi connectivity index (χ0n) is 10.4. The molecule has 0 bridgehead atoms. The molecule has 0 aromatic heterocycles. The topological polar surface area (TPSA) is 37.3 Å². The number of halogens is 2. The molecule has 1 aromatic carbocycles. The first kappa shape index (κ1) is 13.0. The van der Waals surface area contributed by atoms with E-state index in [2.05, 4.69) is 0 Å². The van der Waals surface area contributed by atoms with Gasteiger partial charge >= 0.3 is 5.97 Å². The Balaban J connectivity index is 2.24. The van der Waals surface area contributed by atoms with Crippen molar-refractivity contribution in [3.63, 3.8) is 0 Å². The Hall–Kier alpha value is -1.45. The second kappa shape index (κ2) is 4.34. The number of hydrogen-bond acceptors (Lipinski definition) is 1. The van der Waals surface area contributed by atoms with Crippen molar-refractivity contribution in [2.45, 2.75) is 32.1 Å². The highest BCUT2D eigenvalue weighted by atomic mass is 19.3. The molecule has 98 valence electrons. The third-order valence-electron chi connectivity index (χ3n) is 3.53. The van der Waals surface area contributed by atoms with Crippen LogP contribution in [0.1, 0.15) is 37.3 Å². The lowest BCUT2D eigenvalue weighted by Gasteiger charge is -2.21. The number of carboxylic acids is 1. The monoisotopic (exact) mass is 254 g/mol. The highest BCUT2D eigenvalue weighted by Gasteiger charge is 2.45. The van der Waals surface area contributed by atoms with E-state index in [1.807, 2.05) is 0 Å². The minimum absolute atomic E-state index is 0.0222. The van der Waals surface area contributed by atoms with Crippen LogP contribution in [0.4, 0.5) is 8.78 Å². The van der Waals surface area contributed by atoms with Gasteiger partial charge in [0.2, 0.25) is 0 Å². The summed E-state index contributed by atoms with van der Waals surface area (Å²) in [5, 5.41) is 8.85. The SMILES string of the molecule is CC(C)C(F)(F)c1cccc(C2CC2C(=O)O)c1. The molecular formula is C14H16F2O2. The summed E-state index contributed by atoms with van der Waals surface area (Å²) in [5.41, 5.74) is 0.686. The Bertz CT molecular complexity index is 469. The largest absolute Gasteiger partial charge is 0.481 e. The Morgan fingerprint density at radius 1 is 1.44 bits per heavy atom. The smallest absolute Gasteiger partial charge is 0.307 e. The Kier molecular flexibility index (Phi) is 3.13. The summed E-state index contributed by atoms with van der Waals surface area (Å²) in [6.07, 6.45) is 0.548. The van der Waals surface area contributed by atoms with Crippen molar-refractivity contribution in [2.75, 3.05) is 0 Å². The molecule has 1 fully saturated rings. The van der Waals surface area contributed by atoms with E-state index in [1.165, 1.54) is 26.0 Å². The van der Waals surface area contributed by atoms with E-state index >= 15 is 0 Å². The highest BCUT2D eigenvalue weighted by Crippen LogP contribution is 2.48. The molecule has 1 aromatic rings. The van der Waals surface area contributed by atoms with Crippen molar-refractivity contribution in [1.82, 2.24) is 0 Å². The second-order valence-electron chi connectivity index (χ2n) is 5.19. The van der Waals surface area contributed by atoms with Gasteiger partial charge in [-0.1, -0.05) is 32.0 Å². The maximum absolute atomic E-state index is 13.9. The lowest BCUT2D eigenvalue weighted by atomic mass is 9.95. The molecule has 1 N–H and O–H groups in total. The number of carbonyl (C=O) groups is 1. The predicted octanol–water partition coefficient (Wildman–Crippen LogP) is 3.62. The molecule has 1 aliphatic rings. The number of aliphatic carboxylic acids is 1. The van der Waals surface area contributed by atoms with E-state index in [0.717, 1.165) is 0 Å². The Labute approximate surface area is 105 Å². The zero-order chi connectivity index (χ0) is 13.5. The van der Waals surface area contributed by atoms with Gasteiger partial charge in [0.15, 0.2) is 0 Å². The number of carboxylic acid groups (broad SMARTS) is 1. The molecular weight excluding hydrogens is 238 g/mol. The van der Waals surface area contributed by atoms with E-state index in [4.69, 9.17) is 5.11 Å². The molecule has 0 amide bonds. The van der Waals surface area contributed by atoms with E-state index in [-0.39, 0.29) is 11.5 Å². The number of benzene rings is 1. The summed E-state index contributed by atoms with van der Waals surface area (Å²) in [5.74, 6) is -5.01. The van der Waals surface area contributed by atoms with Gasteiger partial charge in [-0.25, -0.2) is 8.78 Å². The molecule has 18 heavy (non-hydrogen) atoms. The van der Waals surface area contributed by atoms with Gasteiger partial charge in [0.1, 0.15) is 0 Å². The molecule has 2 nitrogen and oxygen atoms in total. The summed E-state index contributed by atoms with van der Waals surface area (Å²) in [4.78, 5) is 10.8. The standard InChI is InChI=1S/C14H16F2O2/c1-8(2)14(15,16)10-5-3-4-9(6-10)11-7-12(11)13(17)18/h3-6,8,11-12H,7H2,1-2H3,(H,17,18). The maximum Gasteiger partial charge on any atom is 0.307 e. The van der Waals surface area contributed by atoms with Crippen molar-refractivity contribution in [2.24, 2.45) is 11.8 Å². The van der Waals surface area contributed by atoms with Crippen LogP contribution in [0.3, 0.4) is 0 Å². The van der Waals surface area contributed by atoms with Crippen LogP contribution in [0.5, 0.6) is 0 Å². The lowest BCUT2D eigenvalue weighted by molar-refractivity contribution is -0.138. The third kappa shape index (κ3) is 2.24. The second-order valence-corrected chi connectivity index (χ2v) is 5.19. The summed E-state index contributed by atoms with van der Waals surface area (Å²) in [7, 11) is 0. The molecule has 0 aliphatic heterocycles. The van der Waals surface area contributed by atoms with Crippen LogP contribution >= 0.6 is 0 Å². The molecule has 2 atom stereocenters. The van der Waals surface area contributed by atoms with E-state index in [1.54, 1.807) is 12.1 Å². The first-order valence-electron chi connectivity index (χ1n) is 6.05. The average molecular weight is 254 g/mol. The molecule has 2 unspecified atom stereocenters. The summed E-state index contributed by atoms with van der Waals surface area (Å²) < 4.78 is 27.8. The van der Waals surface area contributed by atoms with Crippen molar-refractivity contribution in [3.05, 3.63) is 35.4 Å². The Morgan fingerprint density at radius 3 is 2.61 bits per heavy atom. The van der Waals surface area contributed by atoms with Gasteiger partial charge in [-0.05, 0) is 24.0 Å². The molecule has 1 saturated carbocycles. The van der Waals surface area contributed by atoms with Crippen LogP contribution in [-0.4, -0.2) is 11.1 Å². The zero-order valence-corrected chi connectivity index (χ0v) is 10.4. The van der Waals surface area contributed by atoms with Crippen molar-refractivity contribution < 1.29 is 18.7 Å². The molecule has 1 aliphatic carbocycles. The van der Waals surface area contributed by atoms with Crippen molar-refractivity contribution >= 4 is 5.97 Å². The van der Waals surface area contributed by atoms with Crippen molar-refractivity contribution in [3.8, 4) is 0 Å². The van der Waals surface area contributed by atoms with Crippen LogP contribution < -0.4 is 0 Å². The summed E-state index contributed by atoms with van der Waals surface area (Å²) in [6, 6.07) is 6.17. The van der Waals surface area contributed by atoms with Gasteiger partial charge in [-0.15, -0.1) is 0 Å². The van der Waals surface area contributed by atoms with Crippen LogP contribution in [0.2, 0.25) is 0 Å². The summed E-state index contributed by atoms with van der Waals surface area (Å²) in [6.45, 7) is 2.95. The number of alkyl halides is 2. The van der Waals surface area contributed by atoms with Gasteiger partial charge in [0.25, 0.3) is 5.92 Å². The first-order chi connectivity index (χ1) is 8.34. The molecule has 4 heteroatoms. The average Bonchev–Trinajstić information content (AvgIpc) is 3.09. The van der Waals surface area contributed by atoms with Crippen LogP contribution in [0, 0.1) is 11.8 Å². The van der Waals surface area contributed by atoms with Gasteiger partial charge in [0, 0.05) is 11.5 Å². The van der Waals surface area contributed by atoms with Crippen LogP contribution in [0.25, 0.3) is 0 Å². The fourth-order valence-corrected chi connectivity index (χ4v) is 2.15. The van der Waals surface area contributed by atoms with Crippen LogP contribution in [0.15, 0.2) is 24.3 Å². The van der Waals surface area contributed by atoms with Crippen LogP contribution in [-0.2, 0) is 10.7 Å².